The van der Waals surface area contributed by atoms with Gasteiger partial charge < -0.3 is 19.7 Å². The van der Waals surface area contributed by atoms with Crippen LogP contribution in [0.2, 0.25) is 0 Å². The van der Waals surface area contributed by atoms with Gasteiger partial charge in [0.05, 0.1) is 18.6 Å². The van der Waals surface area contributed by atoms with E-state index in [-0.39, 0.29) is 13.0 Å². The van der Waals surface area contributed by atoms with Crippen LogP contribution in [0.15, 0.2) is 12.5 Å². The highest BCUT2D eigenvalue weighted by molar-refractivity contribution is 5.95. The Kier molecular flexibility index (Phi) is 2.84. The Balaban J connectivity index is 2.25. The molecule has 2 unspecified atom stereocenters. The zero-order valence-electron chi connectivity index (χ0n) is 9.28. The van der Waals surface area contributed by atoms with Gasteiger partial charge in [-0.15, -0.1) is 0 Å². The molecule has 1 amide bonds. The van der Waals surface area contributed by atoms with Crippen LogP contribution in [-0.2, 0) is 11.8 Å². The fraction of sp³-hybridized carbons (Fsp3) is 0.500. The molecule has 17 heavy (non-hydrogen) atoms. The summed E-state index contributed by atoms with van der Waals surface area (Å²) in [6.07, 6.45) is 2.13. The van der Waals surface area contributed by atoms with E-state index < -0.39 is 24.0 Å². The number of aromatic nitrogens is 2. The van der Waals surface area contributed by atoms with Gasteiger partial charge in [-0.1, -0.05) is 0 Å². The first kappa shape index (κ1) is 11.6. The molecule has 2 atom stereocenters. The van der Waals surface area contributed by atoms with Gasteiger partial charge in [0.25, 0.3) is 5.91 Å². The number of carboxylic acid groups (broad SMARTS) is 1. The largest absolute Gasteiger partial charge is 0.480 e. The summed E-state index contributed by atoms with van der Waals surface area (Å²) in [6.45, 7) is 0.0426. The van der Waals surface area contributed by atoms with Gasteiger partial charge in [-0.3, -0.25) is 4.79 Å². The molecule has 1 aliphatic rings. The number of carbonyl (C=O) groups excluding carboxylic acids is 1. The highest BCUT2D eigenvalue weighted by Crippen LogP contribution is 2.20. The number of aliphatic carboxylic acids is 1. The number of likely N-dealkylation sites (tertiary alicyclic amines) is 1. The van der Waals surface area contributed by atoms with Gasteiger partial charge in [0.1, 0.15) is 11.7 Å². The van der Waals surface area contributed by atoms with Crippen LogP contribution in [-0.4, -0.2) is 55.2 Å². The first-order chi connectivity index (χ1) is 8.00. The number of aliphatic hydroxyl groups excluding tert-OH is 1. The highest BCUT2D eigenvalue weighted by atomic mass is 16.4. The molecular formula is C10H13N3O4. The molecule has 0 spiro atoms. The lowest BCUT2D eigenvalue weighted by Crippen LogP contribution is -2.41. The number of aryl methyl sites for hydroxylation is 1. The number of nitrogens with zero attached hydrogens (tertiary/aromatic N) is 3. The van der Waals surface area contributed by atoms with Crippen molar-refractivity contribution in [2.45, 2.75) is 18.6 Å². The standard InChI is InChI=1S/C10H13N3O4/c1-12-5-11-3-8(12)9(15)13-4-6(14)2-7(13)10(16)17/h3,5-7,14H,2,4H2,1H3,(H,16,17). The molecule has 0 aromatic carbocycles. The van der Waals surface area contributed by atoms with E-state index in [1.807, 2.05) is 0 Å². The fourth-order valence-corrected chi connectivity index (χ4v) is 1.98. The van der Waals surface area contributed by atoms with Crippen molar-refractivity contribution in [1.82, 2.24) is 14.5 Å². The van der Waals surface area contributed by atoms with E-state index in [1.54, 1.807) is 7.05 Å². The molecule has 92 valence electrons. The maximum atomic E-state index is 12.1. The van der Waals surface area contributed by atoms with E-state index in [0.29, 0.717) is 5.69 Å². The minimum absolute atomic E-state index is 0.0426. The Morgan fingerprint density at radius 3 is 2.76 bits per heavy atom. The normalized spacial score (nSPS) is 24.0. The molecule has 1 aromatic heterocycles. The van der Waals surface area contributed by atoms with Crippen LogP contribution in [0.5, 0.6) is 0 Å². The molecule has 0 aliphatic carbocycles. The third kappa shape index (κ3) is 2.01. The summed E-state index contributed by atoms with van der Waals surface area (Å²) in [5, 5.41) is 18.4. The van der Waals surface area contributed by atoms with E-state index in [9.17, 15) is 14.7 Å². The van der Waals surface area contributed by atoms with Crippen LogP contribution in [0, 0.1) is 0 Å². The third-order valence-corrected chi connectivity index (χ3v) is 2.86. The Labute approximate surface area is 97.3 Å². The number of amides is 1. The van der Waals surface area contributed by atoms with Crippen molar-refractivity contribution in [1.29, 1.82) is 0 Å². The number of rotatable bonds is 2. The third-order valence-electron chi connectivity index (χ3n) is 2.86. The molecule has 2 N–H and O–H groups in total. The quantitative estimate of drug-likeness (QED) is 0.696. The second-order valence-corrected chi connectivity index (χ2v) is 4.09. The fourth-order valence-electron chi connectivity index (χ4n) is 1.98. The lowest BCUT2D eigenvalue weighted by atomic mass is 10.2. The number of carboxylic acids is 1. The van der Waals surface area contributed by atoms with Crippen LogP contribution < -0.4 is 0 Å². The first-order valence-electron chi connectivity index (χ1n) is 5.19. The summed E-state index contributed by atoms with van der Waals surface area (Å²) in [5.74, 6) is -1.52. The Morgan fingerprint density at radius 2 is 2.24 bits per heavy atom. The van der Waals surface area contributed by atoms with Crippen LogP contribution in [0.1, 0.15) is 16.9 Å². The number of imidazole rings is 1. The molecule has 7 nitrogen and oxygen atoms in total. The number of hydrogen-bond acceptors (Lipinski definition) is 4. The molecular weight excluding hydrogens is 226 g/mol. The predicted octanol–water partition coefficient (Wildman–Crippen LogP) is -0.920. The van der Waals surface area contributed by atoms with Gasteiger partial charge in [-0.05, 0) is 0 Å². The summed E-state index contributed by atoms with van der Waals surface area (Å²) >= 11 is 0. The molecule has 1 fully saturated rings. The predicted molar refractivity (Wildman–Crippen MR) is 56.3 cm³/mol. The average molecular weight is 239 g/mol. The highest BCUT2D eigenvalue weighted by Gasteiger charge is 2.39. The Hall–Kier alpha value is -1.89. The molecule has 2 rings (SSSR count). The van der Waals surface area contributed by atoms with Gasteiger partial charge in [-0.2, -0.15) is 0 Å². The van der Waals surface area contributed by atoms with Gasteiger partial charge >= 0.3 is 5.97 Å². The molecule has 2 heterocycles. The SMILES string of the molecule is Cn1cncc1C(=O)N1CC(O)CC1C(=O)O. The van der Waals surface area contributed by atoms with E-state index in [2.05, 4.69) is 4.98 Å². The van der Waals surface area contributed by atoms with E-state index >= 15 is 0 Å². The molecule has 1 aromatic rings. The van der Waals surface area contributed by atoms with Crippen molar-refractivity contribution in [2.75, 3.05) is 6.54 Å². The van der Waals surface area contributed by atoms with Crippen LogP contribution in [0.3, 0.4) is 0 Å². The van der Waals surface area contributed by atoms with Gasteiger partial charge in [0, 0.05) is 20.0 Å². The molecule has 1 saturated heterocycles. The van der Waals surface area contributed by atoms with Crippen molar-refractivity contribution in [3.05, 3.63) is 18.2 Å². The van der Waals surface area contributed by atoms with Gasteiger partial charge in [0.2, 0.25) is 0 Å². The van der Waals surface area contributed by atoms with Crippen molar-refractivity contribution < 1.29 is 19.8 Å². The van der Waals surface area contributed by atoms with Crippen LogP contribution in [0.25, 0.3) is 0 Å². The summed E-state index contributed by atoms with van der Waals surface area (Å²) in [6, 6.07) is -0.965. The second kappa shape index (κ2) is 4.17. The smallest absolute Gasteiger partial charge is 0.326 e. The van der Waals surface area contributed by atoms with E-state index in [0.717, 1.165) is 0 Å². The average Bonchev–Trinajstić information content (AvgIpc) is 2.83. The minimum atomic E-state index is -1.10. The number of β-amino-alcohol motifs (C(OH)–C–C–N with tert-alkyl or cyclic N) is 1. The van der Waals surface area contributed by atoms with Crippen molar-refractivity contribution >= 4 is 11.9 Å². The maximum Gasteiger partial charge on any atom is 0.326 e. The lowest BCUT2D eigenvalue weighted by Gasteiger charge is -2.20. The molecule has 0 radical (unpaired) electrons. The molecule has 0 bridgehead atoms. The summed E-state index contributed by atoms with van der Waals surface area (Å²) < 4.78 is 1.52. The second-order valence-electron chi connectivity index (χ2n) is 4.09. The van der Waals surface area contributed by atoms with Gasteiger partial charge in [0.15, 0.2) is 0 Å². The topological polar surface area (TPSA) is 95.7 Å². The van der Waals surface area contributed by atoms with Crippen molar-refractivity contribution in [3.63, 3.8) is 0 Å². The van der Waals surface area contributed by atoms with Crippen LogP contribution in [0.4, 0.5) is 0 Å². The Morgan fingerprint density at radius 1 is 1.53 bits per heavy atom. The summed E-state index contributed by atoms with van der Waals surface area (Å²) in [7, 11) is 1.66. The van der Waals surface area contributed by atoms with E-state index in [1.165, 1.54) is 22.0 Å². The summed E-state index contributed by atoms with van der Waals surface area (Å²) in [4.78, 5) is 28.0. The van der Waals surface area contributed by atoms with Gasteiger partial charge in [-0.25, -0.2) is 9.78 Å². The number of aliphatic hydroxyl groups is 1. The monoisotopic (exact) mass is 239 g/mol. The zero-order chi connectivity index (χ0) is 12.6. The number of carbonyl (C=O) groups is 2. The van der Waals surface area contributed by atoms with Crippen molar-refractivity contribution in [3.8, 4) is 0 Å². The minimum Gasteiger partial charge on any atom is -0.480 e. The number of hydrogen-bond donors (Lipinski definition) is 2. The Bertz CT molecular complexity index is 456. The van der Waals surface area contributed by atoms with Crippen LogP contribution >= 0.6 is 0 Å². The molecule has 1 aliphatic heterocycles. The zero-order valence-corrected chi connectivity index (χ0v) is 9.28. The molecule has 0 saturated carbocycles. The summed E-state index contributed by atoms with van der Waals surface area (Å²) in [5.41, 5.74) is 0.311. The molecule has 7 heteroatoms. The van der Waals surface area contributed by atoms with Crippen molar-refractivity contribution in [2.24, 2.45) is 7.05 Å². The first-order valence-corrected chi connectivity index (χ1v) is 5.19. The lowest BCUT2D eigenvalue weighted by molar-refractivity contribution is -0.141. The van der Waals surface area contributed by atoms with E-state index in [4.69, 9.17) is 5.11 Å². The maximum absolute atomic E-state index is 12.1.